The van der Waals surface area contributed by atoms with E-state index in [9.17, 15) is 13.2 Å². The summed E-state index contributed by atoms with van der Waals surface area (Å²) in [7, 11) is -2.48. The Labute approximate surface area is 188 Å². The molecular formula is C23H27ClN2O4S. The van der Waals surface area contributed by atoms with E-state index in [2.05, 4.69) is 5.32 Å². The normalized spacial score (nSPS) is 22.4. The summed E-state index contributed by atoms with van der Waals surface area (Å²) in [6, 6.07) is 11.4. The Hall–Kier alpha value is -2.25. The van der Waals surface area contributed by atoms with Gasteiger partial charge in [-0.1, -0.05) is 35.7 Å². The highest BCUT2D eigenvalue weighted by molar-refractivity contribution is 7.92. The van der Waals surface area contributed by atoms with E-state index < -0.39 is 10.0 Å². The van der Waals surface area contributed by atoms with Crippen LogP contribution in [0, 0.1) is 18.8 Å². The number of benzene rings is 2. The Bertz CT molecular complexity index is 1070. The summed E-state index contributed by atoms with van der Waals surface area (Å²) >= 11 is 6.26. The number of ether oxygens (including phenoxy) is 1. The van der Waals surface area contributed by atoms with E-state index in [0.29, 0.717) is 23.3 Å². The van der Waals surface area contributed by atoms with Crippen LogP contribution in [0.2, 0.25) is 5.02 Å². The van der Waals surface area contributed by atoms with Crippen molar-refractivity contribution in [3.8, 4) is 5.75 Å². The SMILES string of the molecule is COc1ccc(N(CC(=O)N[C@H]2C[C@@H]3CC[C@H]2C3)S(=O)(=O)c2ccc(C)cc2)cc1Cl. The molecule has 3 atom stereocenters. The fraction of sp³-hybridized carbons (Fsp3) is 0.435. The van der Waals surface area contributed by atoms with E-state index in [1.54, 1.807) is 36.4 Å². The number of hydrogen-bond donors (Lipinski definition) is 1. The van der Waals surface area contributed by atoms with Gasteiger partial charge in [0.05, 0.1) is 22.7 Å². The Morgan fingerprint density at radius 1 is 1.16 bits per heavy atom. The van der Waals surface area contributed by atoms with E-state index >= 15 is 0 Å². The van der Waals surface area contributed by atoms with Gasteiger partial charge in [-0.3, -0.25) is 9.10 Å². The van der Waals surface area contributed by atoms with Crippen molar-refractivity contribution >= 4 is 33.2 Å². The summed E-state index contributed by atoms with van der Waals surface area (Å²) in [6.07, 6.45) is 4.50. The molecule has 0 heterocycles. The molecule has 2 bridgehead atoms. The van der Waals surface area contributed by atoms with E-state index in [0.717, 1.165) is 29.1 Å². The average Bonchev–Trinajstić information content (AvgIpc) is 3.35. The van der Waals surface area contributed by atoms with Crippen LogP contribution >= 0.6 is 11.6 Å². The van der Waals surface area contributed by atoms with Gasteiger partial charge in [0, 0.05) is 6.04 Å². The highest BCUT2D eigenvalue weighted by Crippen LogP contribution is 2.44. The van der Waals surface area contributed by atoms with Gasteiger partial charge in [-0.05, 0) is 68.4 Å². The summed E-state index contributed by atoms with van der Waals surface area (Å²) in [6.45, 7) is 1.58. The third-order valence-electron chi connectivity index (χ3n) is 6.40. The Morgan fingerprint density at radius 2 is 1.90 bits per heavy atom. The Morgan fingerprint density at radius 3 is 2.48 bits per heavy atom. The van der Waals surface area contributed by atoms with Gasteiger partial charge in [0.2, 0.25) is 5.91 Å². The number of methoxy groups -OCH3 is 1. The quantitative estimate of drug-likeness (QED) is 0.670. The zero-order valence-electron chi connectivity index (χ0n) is 17.7. The lowest BCUT2D eigenvalue weighted by atomic mass is 9.95. The summed E-state index contributed by atoms with van der Waals surface area (Å²) in [5.41, 5.74) is 1.27. The van der Waals surface area contributed by atoms with Gasteiger partial charge in [0.25, 0.3) is 10.0 Å². The lowest BCUT2D eigenvalue weighted by Gasteiger charge is -2.27. The van der Waals surface area contributed by atoms with Crippen molar-refractivity contribution < 1.29 is 17.9 Å². The highest BCUT2D eigenvalue weighted by atomic mass is 35.5. The zero-order chi connectivity index (χ0) is 22.2. The van der Waals surface area contributed by atoms with Crippen LogP contribution in [0.25, 0.3) is 0 Å². The summed E-state index contributed by atoms with van der Waals surface area (Å²) in [4.78, 5) is 13.0. The molecule has 2 aromatic carbocycles. The molecule has 6 nitrogen and oxygen atoms in total. The number of aryl methyl sites for hydroxylation is 1. The maximum atomic E-state index is 13.5. The predicted molar refractivity (Wildman–Crippen MR) is 121 cm³/mol. The molecule has 1 N–H and O–H groups in total. The number of anilines is 1. The van der Waals surface area contributed by atoms with E-state index in [1.165, 1.54) is 19.6 Å². The van der Waals surface area contributed by atoms with Crippen molar-refractivity contribution in [1.82, 2.24) is 5.32 Å². The van der Waals surface area contributed by atoms with Crippen molar-refractivity contribution in [3.05, 3.63) is 53.1 Å². The number of carbonyl (C=O) groups is 1. The van der Waals surface area contributed by atoms with Gasteiger partial charge < -0.3 is 10.1 Å². The van der Waals surface area contributed by atoms with E-state index in [-0.39, 0.29) is 28.4 Å². The molecule has 0 aromatic heterocycles. The number of nitrogens with zero attached hydrogens (tertiary/aromatic N) is 1. The largest absolute Gasteiger partial charge is 0.495 e. The van der Waals surface area contributed by atoms with Gasteiger partial charge in [-0.2, -0.15) is 0 Å². The lowest BCUT2D eigenvalue weighted by Crippen LogP contribution is -2.46. The number of nitrogens with one attached hydrogen (secondary N) is 1. The number of amides is 1. The van der Waals surface area contributed by atoms with Crippen molar-refractivity contribution in [2.75, 3.05) is 18.0 Å². The molecule has 0 radical (unpaired) electrons. The van der Waals surface area contributed by atoms with Gasteiger partial charge >= 0.3 is 0 Å². The minimum atomic E-state index is -3.97. The van der Waals surface area contributed by atoms with Crippen LogP contribution in [0.3, 0.4) is 0 Å². The van der Waals surface area contributed by atoms with Crippen LogP contribution in [0.15, 0.2) is 47.4 Å². The van der Waals surface area contributed by atoms with Gasteiger partial charge in [0.15, 0.2) is 0 Å². The number of fused-ring (bicyclic) bond motifs is 2. The average molecular weight is 463 g/mol. The predicted octanol–water partition coefficient (Wildman–Crippen LogP) is 4.16. The standard InChI is InChI=1S/C23H27ClN2O4S/c1-15-3-8-19(9-4-15)31(28,29)26(18-7-10-22(30-2)20(24)13-18)14-23(27)25-21-12-16-5-6-17(21)11-16/h3-4,7-10,13,16-17,21H,5-6,11-12,14H2,1-2H3,(H,25,27)/t16-,17+,21+/m1/s1. The van der Waals surface area contributed by atoms with E-state index in [1.807, 2.05) is 6.92 Å². The fourth-order valence-electron chi connectivity index (χ4n) is 4.77. The molecular weight excluding hydrogens is 436 g/mol. The first-order chi connectivity index (χ1) is 14.8. The molecule has 2 fully saturated rings. The molecule has 2 aliphatic carbocycles. The molecule has 0 saturated heterocycles. The second kappa shape index (κ2) is 8.71. The second-order valence-electron chi connectivity index (χ2n) is 8.49. The maximum Gasteiger partial charge on any atom is 0.264 e. The molecule has 0 aliphatic heterocycles. The zero-order valence-corrected chi connectivity index (χ0v) is 19.2. The number of sulfonamides is 1. The van der Waals surface area contributed by atoms with Crippen LogP contribution in [-0.2, 0) is 14.8 Å². The molecule has 0 unspecified atom stereocenters. The van der Waals surface area contributed by atoms with Crippen LogP contribution in [0.1, 0.15) is 31.2 Å². The van der Waals surface area contributed by atoms with Crippen molar-refractivity contribution in [2.45, 2.75) is 43.5 Å². The molecule has 166 valence electrons. The van der Waals surface area contributed by atoms with Gasteiger partial charge in [0.1, 0.15) is 12.3 Å². The first-order valence-corrected chi connectivity index (χ1v) is 12.3. The molecule has 4 rings (SSSR count). The highest BCUT2D eigenvalue weighted by Gasteiger charge is 2.40. The molecule has 2 aromatic rings. The fourth-order valence-corrected chi connectivity index (χ4v) is 6.43. The maximum absolute atomic E-state index is 13.5. The summed E-state index contributed by atoms with van der Waals surface area (Å²) in [5, 5.41) is 3.35. The summed E-state index contributed by atoms with van der Waals surface area (Å²) < 4.78 is 33.3. The topological polar surface area (TPSA) is 75.7 Å². The van der Waals surface area contributed by atoms with Crippen LogP contribution in [0.4, 0.5) is 5.69 Å². The molecule has 0 spiro atoms. The number of rotatable bonds is 7. The number of hydrogen-bond acceptors (Lipinski definition) is 4. The Kier molecular flexibility index (Phi) is 6.17. The van der Waals surface area contributed by atoms with Crippen LogP contribution < -0.4 is 14.4 Å². The van der Waals surface area contributed by atoms with Gasteiger partial charge in [-0.25, -0.2) is 8.42 Å². The van der Waals surface area contributed by atoms with Gasteiger partial charge in [-0.15, -0.1) is 0 Å². The molecule has 1 amide bonds. The summed E-state index contributed by atoms with van der Waals surface area (Å²) in [5.74, 6) is 1.32. The Balaban J connectivity index is 1.62. The van der Waals surface area contributed by atoms with E-state index in [4.69, 9.17) is 16.3 Å². The molecule has 2 saturated carbocycles. The van der Waals surface area contributed by atoms with Crippen molar-refractivity contribution in [3.63, 3.8) is 0 Å². The number of carbonyl (C=O) groups excluding carboxylic acids is 1. The molecule has 2 aliphatic rings. The van der Waals surface area contributed by atoms with Crippen molar-refractivity contribution in [1.29, 1.82) is 0 Å². The molecule has 31 heavy (non-hydrogen) atoms. The van der Waals surface area contributed by atoms with Crippen LogP contribution in [0.5, 0.6) is 5.75 Å². The number of halogens is 1. The minimum Gasteiger partial charge on any atom is -0.495 e. The first-order valence-electron chi connectivity index (χ1n) is 10.5. The van der Waals surface area contributed by atoms with Crippen LogP contribution in [-0.4, -0.2) is 34.0 Å². The third-order valence-corrected chi connectivity index (χ3v) is 8.49. The first kappa shape index (κ1) is 22.0. The third kappa shape index (κ3) is 4.53. The smallest absolute Gasteiger partial charge is 0.264 e. The van der Waals surface area contributed by atoms with Crippen molar-refractivity contribution in [2.24, 2.45) is 11.8 Å². The second-order valence-corrected chi connectivity index (χ2v) is 10.8. The molecule has 8 heteroatoms. The monoisotopic (exact) mass is 462 g/mol. The lowest BCUT2D eigenvalue weighted by molar-refractivity contribution is -0.120. The minimum absolute atomic E-state index is 0.123.